The standard InChI is InChI=1S/C11H19N5O2/c1-8(2)18-5-4-16(3)11(17)9-6-13-7-10(14-9)15-12/h6-8H,4-5,12H2,1-3H3,(H,14,15). The molecular formula is C11H19N5O2. The van der Waals surface area contributed by atoms with E-state index in [0.29, 0.717) is 19.0 Å². The Hall–Kier alpha value is -1.73. The Morgan fingerprint density at radius 1 is 1.56 bits per heavy atom. The van der Waals surface area contributed by atoms with Crippen molar-refractivity contribution >= 4 is 11.7 Å². The van der Waals surface area contributed by atoms with Crippen LogP contribution in [0, 0.1) is 0 Å². The first-order valence-electron chi connectivity index (χ1n) is 5.70. The Morgan fingerprint density at radius 2 is 2.28 bits per heavy atom. The van der Waals surface area contributed by atoms with Crippen molar-refractivity contribution in [3.63, 3.8) is 0 Å². The third kappa shape index (κ3) is 4.27. The van der Waals surface area contributed by atoms with E-state index in [-0.39, 0.29) is 17.7 Å². The van der Waals surface area contributed by atoms with Crippen LogP contribution in [0.25, 0.3) is 0 Å². The predicted molar refractivity (Wildman–Crippen MR) is 67.9 cm³/mol. The number of hydrazine groups is 1. The number of hydrogen-bond acceptors (Lipinski definition) is 6. The number of rotatable bonds is 6. The molecule has 7 heteroatoms. The molecule has 18 heavy (non-hydrogen) atoms. The van der Waals surface area contributed by atoms with Crippen LogP contribution in [0.15, 0.2) is 12.4 Å². The summed E-state index contributed by atoms with van der Waals surface area (Å²) in [6.45, 7) is 4.88. The summed E-state index contributed by atoms with van der Waals surface area (Å²) in [5.41, 5.74) is 2.60. The SMILES string of the molecule is CC(C)OCCN(C)C(=O)c1cncc(NN)n1. The molecule has 0 saturated carbocycles. The van der Waals surface area contributed by atoms with Gasteiger partial charge in [-0.3, -0.25) is 9.78 Å². The second-order valence-electron chi connectivity index (χ2n) is 4.08. The number of amides is 1. The van der Waals surface area contributed by atoms with Crippen molar-refractivity contribution in [2.45, 2.75) is 20.0 Å². The summed E-state index contributed by atoms with van der Waals surface area (Å²) in [5.74, 6) is 5.35. The fourth-order valence-electron chi connectivity index (χ4n) is 1.26. The van der Waals surface area contributed by atoms with Crippen molar-refractivity contribution in [2.24, 2.45) is 5.84 Å². The minimum absolute atomic E-state index is 0.151. The van der Waals surface area contributed by atoms with Crippen molar-refractivity contribution < 1.29 is 9.53 Å². The molecule has 0 aromatic carbocycles. The van der Waals surface area contributed by atoms with Gasteiger partial charge in [0.1, 0.15) is 5.69 Å². The second-order valence-corrected chi connectivity index (χ2v) is 4.08. The molecule has 0 bridgehead atoms. The zero-order chi connectivity index (χ0) is 13.5. The van der Waals surface area contributed by atoms with Gasteiger partial charge in [-0.15, -0.1) is 0 Å². The maximum atomic E-state index is 12.0. The van der Waals surface area contributed by atoms with Crippen LogP contribution >= 0.6 is 0 Å². The number of anilines is 1. The van der Waals surface area contributed by atoms with Gasteiger partial charge in [0, 0.05) is 13.6 Å². The van der Waals surface area contributed by atoms with Gasteiger partial charge in [0.2, 0.25) is 0 Å². The number of nitrogen functional groups attached to an aromatic ring is 1. The van der Waals surface area contributed by atoms with Gasteiger partial charge in [-0.25, -0.2) is 10.8 Å². The molecule has 1 aromatic heterocycles. The summed E-state index contributed by atoms with van der Waals surface area (Å²) in [4.78, 5) is 21.4. The number of ether oxygens (including phenoxy) is 1. The lowest BCUT2D eigenvalue weighted by atomic mass is 10.4. The molecule has 0 aliphatic heterocycles. The Labute approximate surface area is 106 Å². The molecule has 0 fully saturated rings. The minimum Gasteiger partial charge on any atom is -0.377 e. The van der Waals surface area contributed by atoms with E-state index in [9.17, 15) is 4.79 Å². The molecule has 1 rings (SSSR count). The summed E-state index contributed by atoms with van der Waals surface area (Å²) in [7, 11) is 1.69. The van der Waals surface area contributed by atoms with E-state index in [1.165, 1.54) is 17.3 Å². The van der Waals surface area contributed by atoms with Gasteiger partial charge in [-0.2, -0.15) is 0 Å². The van der Waals surface area contributed by atoms with Gasteiger partial charge in [0.15, 0.2) is 5.82 Å². The molecule has 0 aliphatic carbocycles. The Bertz CT molecular complexity index is 397. The fraction of sp³-hybridized carbons (Fsp3) is 0.545. The zero-order valence-corrected chi connectivity index (χ0v) is 10.9. The summed E-state index contributed by atoms with van der Waals surface area (Å²) in [6.07, 6.45) is 3.00. The Balaban J connectivity index is 2.56. The van der Waals surface area contributed by atoms with Crippen LogP contribution in [0.1, 0.15) is 24.3 Å². The summed E-state index contributed by atoms with van der Waals surface area (Å²) in [6, 6.07) is 0. The molecule has 0 unspecified atom stereocenters. The van der Waals surface area contributed by atoms with Crippen molar-refractivity contribution in [1.82, 2.24) is 14.9 Å². The van der Waals surface area contributed by atoms with E-state index in [2.05, 4.69) is 15.4 Å². The summed E-state index contributed by atoms with van der Waals surface area (Å²) < 4.78 is 5.38. The number of likely N-dealkylation sites (N-methyl/N-ethyl adjacent to an activating group) is 1. The molecule has 0 saturated heterocycles. The average molecular weight is 253 g/mol. The highest BCUT2D eigenvalue weighted by atomic mass is 16.5. The molecule has 1 heterocycles. The number of nitrogens with two attached hydrogens (primary N) is 1. The van der Waals surface area contributed by atoms with Gasteiger partial charge in [-0.05, 0) is 13.8 Å². The van der Waals surface area contributed by atoms with Gasteiger partial charge in [-0.1, -0.05) is 0 Å². The highest BCUT2D eigenvalue weighted by Crippen LogP contribution is 2.03. The van der Waals surface area contributed by atoms with E-state index in [4.69, 9.17) is 10.6 Å². The number of aromatic nitrogens is 2. The highest BCUT2D eigenvalue weighted by molar-refractivity contribution is 5.92. The fourth-order valence-corrected chi connectivity index (χ4v) is 1.26. The van der Waals surface area contributed by atoms with Crippen LogP contribution in [0.4, 0.5) is 5.82 Å². The highest BCUT2D eigenvalue weighted by Gasteiger charge is 2.14. The zero-order valence-electron chi connectivity index (χ0n) is 10.9. The smallest absolute Gasteiger partial charge is 0.273 e. The molecular weight excluding hydrogens is 234 g/mol. The van der Waals surface area contributed by atoms with Crippen LogP contribution in [0.2, 0.25) is 0 Å². The van der Waals surface area contributed by atoms with Gasteiger partial charge in [0.25, 0.3) is 5.91 Å². The molecule has 0 radical (unpaired) electrons. The van der Waals surface area contributed by atoms with Crippen molar-refractivity contribution in [3.05, 3.63) is 18.1 Å². The average Bonchev–Trinajstić information content (AvgIpc) is 2.37. The third-order valence-electron chi connectivity index (χ3n) is 2.23. The van der Waals surface area contributed by atoms with Crippen LogP contribution < -0.4 is 11.3 Å². The molecule has 3 N–H and O–H groups in total. The lowest BCUT2D eigenvalue weighted by Gasteiger charge is -2.17. The predicted octanol–water partition coefficient (Wildman–Crippen LogP) is 0.259. The Morgan fingerprint density at radius 3 is 2.89 bits per heavy atom. The number of hydrogen-bond donors (Lipinski definition) is 2. The molecule has 0 atom stereocenters. The van der Waals surface area contributed by atoms with E-state index >= 15 is 0 Å². The normalized spacial score (nSPS) is 10.5. The topological polar surface area (TPSA) is 93.4 Å². The molecule has 1 aromatic rings. The molecule has 100 valence electrons. The quantitative estimate of drug-likeness (QED) is 0.558. The monoisotopic (exact) mass is 253 g/mol. The number of nitrogens with one attached hydrogen (secondary N) is 1. The maximum Gasteiger partial charge on any atom is 0.273 e. The summed E-state index contributed by atoms with van der Waals surface area (Å²) in [5, 5.41) is 0. The van der Waals surface area contributed by atoms with E-state index in [1.54, 1.807) is 7.05 Å². The van der Waals surface area contributed by atoms with E-state index in [1.807, 2.05) is 13.8 Å². The first kappa shape index (κ1) is 14.3. The number of nitrogens with zero attached hydrogens (tertiary/aromatic N) is 3. The molecule has 0 spiro atoms. The van der Waals surface area contributed by atoms with Crippen LogP contribution in [-0.2, 0) is 4.74 Å². The number of carbonyl (C=O) groups is 1. The first-order chi connectivity index (χ1) is 8.54. The van der Waals surface area contributed by atoms with Crippen molar-refractivity contribution in [3.8, 4) is 0 Å². The first-order valence-corrected chi connectivity index (χ1v) is 5.70. The third-order valence-corrected chi connectivity index (χ3v) is 2.23. The Kier molecular flexibility index (Phi) is 5.47. The van der Waals surface area contributed by atoms with Crippen LogP contribution in [0.5, 0.6) is 0 Å². The second kappa shape index (κ2) is 6.87. The van der Waals surface area contributed by atoms with Crippen molar-refractivity contribution in [2.75, 3.05) is 25.6 Å². The molecule has 1 amide bonds. The van der Waals surface area contributed by atoms with Crippen LogP contribution in [-0.4, -0.2) is 47.1 Å². The van der Waals surface area contributed by atoms with Gasteiger partial charge >= 0.3 is 0 Å². The van der Waals surface area contributed by atoms with Gasteiger partial charge < -0.3 is 15.1 Å². The van der Waals surface area contributed by atoms with Gasteiger partial charge in [0.05, 0.1) is 25.1 Å². The van der Waals surface area contributed by atoms with Crippen molar-refractivity contribution in [1.29, 1.82) is 0 Å². The maximum absolute atomic E-state index is 12.0. The number of carbonyl (C=O) groups excluding carboxylic acids is 1. The largest absolute Gasteiger partial charge is 0.377 e. The lowest BCUT2D eigenvalue weighted by Crippen LogP contribution is -2.31. The van der Waals surface area contributed by atoms with E-state index < -0.39 is 0 Å². The minimum atomic E-state index is -0.216. The summed E-state index contributed by atoms with van der Waals surface area (Å²) >= 11 is 0. The molecule has 0 aliphatic rings. The van der Waals surface area contributed by atoms with E-state index in [0.717, 1.165) is 0 Å². The van der Waals surface area contributed by atoms with Crippen LogP contribution in [0.3, 0.4) is 0 Å². The lowest BCUT2D eigenvalue weighted by molar-refractivity contribution is 0.0529. The molecule has 7 nitrogen and oxygen atoms in total.